The lowest BCUT2D eigenvalue weighted by Crippen LogP contribution is -2.41. The van der Waals surface area contributed by atoms with E-state index in [1.54, 1.807) is 11.6 Å². The molecule has 0 spiro atoms. The molecule has 0 aromatic carbocycles. The van der Waals surface area contributed by atoms with E-state index in [1.165, 1.54) is 19.3 Å². The van der Waals surface area contributed by atoms with Gasteiger partial charge in [-0.1, -0.05) is 24.5 Å². The van der Waals surface area contributed by atoms with Gasteiger partial charge in [0.1, 0.15) is 6.04 Å². The number of nitrogens with zero attached hydrogens (tertiary/aromatic N) is 5. The number of rotatable bonds is 5. The summed E-state index contributed by atoms with van der Waals surface area (Å²) in [5.74, 6) is 0.748. The molecule has 7 nitrogen and oxygen atoms in total. The van der Waals surface area contributed by atoms with Gasteiger partial charge >= 0.3 is 0 Å². The Bertz CT molecular complexity index is 611. The Morgan fingerprint density at radius 1 is 1.36 bits per heavy atom. The van der Waals surface area contributed by atoms with Crippen molar-refractivity contribution in [1.82, 2.24) is 19.9 Å². The Morgan fingerprint density at radius 3 is 2.76 bits per heavy atom. The van der Waals surface area contributed by atoms with Gasteiger partial charge in [0.05, 0.1) is 31.2 Å². The van der Waals surface area contributed by atoms with E-state index in [2.05, 4.69) is 16.4 Å². The predicted octanol–water partition coefficient (Wildman–Crippen LogP) is 2.28. The number of ether oxygens (including phenoxy) is 1. The number of aromatic nitrogens is 3. The van der Waals surface area contributed by atoms with Gasteiger partial charge in [-0.05, 0) is 25.7 Å². The molecule has 25 heavy (non-hydrogen) atoms. The highest BCUT2D eigenvalue weighted by Crippen LogP contribution is 2.38. The molecule has 2 heterocycles. The molecule has 0 bridgehead atoms. The molecule has 2 fully saturated rings. The van der Waals surface area contributed by atoms with E-state index < -0.39 is 0 Å². The van der Waals surface area contributed by atoms with Crippen LogP contribution < -0.4 is 0 Å². The fraction of sp³-hybridized carbons (Fsp3) is 0.778. The summed E-state index contributed by atoms with van der Waals surface area (Å²) in [5.41, 5.74) is 0.857. The number of morpholine rings is 1. The zero-order valence-electron chi connectivity index (χ0n) is 14.9. The van der Waals surface area contributed by atoms with E-state index in [0.29, 0.717) is 38.6 Å². The van der Waals surface area contributed by atoms with Crippen LogP contribution in [0.4, 0.5) is 0 Å². The lowest BCUT2D eigenvalue weighted by Gasteiger charge is -2.32. The lowest BCUT2D eigenvalue weighted by molar-refractivity contribution is -0.136. The summed E-state index contributed by atoms with van der Waals surface area (Å²) in [7, 11) is 0. The van der Waals surface area contributed by atoms with Gasteiger partial charge in [-0.15, -0.1) is 5.10 Å². The van der Waals surface area contributed by atoms with E-state index >= 15 is 0 Å². The average molecular weight is 345 g/mol. The summed E-state index contributed by atoms with van der Waals surface area (Å²) in [4.78, 5) is 14.7. The number of carbonyl (C=O) groups is 1. The Kier molecular flexibility index (Phi) is 6.03. The van der Waals surface area contributed by atoms with E-state index in [-0.39, 0.29) is 17.9 Å². The third kappa shape index (κ3) is 4.37. The Balaban J connectivity index is 1.76. The van der Waals surface area contributed by atoms with E-state index in [4.69, 9.17) is 10.00 Å². The number of hydrogen-bond donors (Lipinski definition) is 0. The molecule has 1 aliphatic heterocycles. The molecule has 1 saturated heterocycles. The maximum absolute atomic E-state index is 12.8. The molecular formula is C18H27N5O2. The summed E-state index contributed by atoms with van der Waals surface area (Å²) < 4.78 is 6.95. The minimum absolute atomic E-state index is 0.0929. The van der Waals surface area contributed by atoms with E-state index in [0.717, 1.165) is 18.5 Å². The number of hydrogen-bond acceptors (Lipinski definition) is 5. The van der Waals surface area contributed by atoms with Gasteiger partial charge in [0.25, 0.3) is 0 Å². The molecule has 0 unspecified atom stereocenters. The van der Waals surface area contributed by atoms with Crippen molar-refractivity contribution in [1.29, 1.82) is 5.26 Å². The van der Waals surface area contributed by atoms with Crippen LogP contribution in [0.15, 0.2) is 6.20 Å². The second-order valence-electron chi connectivity index (χ2n) is 7.13. The lowest BCUT2D eigenvalue weighted by atomic mass is 9.77. The fourth-order valence-corrected chi connectivity index (χ4v) is 3.89. The number of carbonyl (C=O) groups excluding carboxylic acids is 1. The highest BCUT2D eigenvalue weighted by atomic mass is 16.5. The predicted molar refractivity (Wildman–Crippen MR) is 91.7 cm³/mol. The summed E-state index contributed by atoms with van der Waals surface area (Å²) in [5, 5.41) is 17.5. The van der Waals surface area contributed by atoms with Crippen molar-refractivity contribution in [2.75, 3.05) is 26.3 Å². The standard InChI is InChI=1S/C18H27N5O2/c1-14(12-19)23-13-17(20-21-23)16(15-5-3-2-4-6-15)11-18(24)22-7-9-25-10-8-22/h13-16H,2-11H2,1H3/t14-,16+/m1/s1. The quantitative estimate of drug-likeness (QED) is 0.817. The maximum atomic E-state index is 12.8. The van der Waals surface area contributed by atoms with Gasteiger partial charge in [-0.25, -0.2) is 4.68 Å². The van der Waals surface area contributed by atoms with Crippen LogP contribution in [0.3, 0.4) is 0 Å². The van der Waals surface area contributed by atoms with Crippen LogP contribution >= 0.6 is 0 Å². The largest absolute Gasteiger partial charge is 0.378 e. The van der Waals surface area contributed by atoms with Crippen LogP contribution in [0.5, 0.6) is 0 Å². The second-order valence-corrected chi connectivity index (χ2v) is 7.13. The molecule has 136 valence electrons. The first-order valence-electron chi connectivity index (χ1n) is 9.36. The van der Waals surface area contributed by atoms with Crippen LogP contribution in [0.1, 0.15) is 63.1 Å². The maximum Gasteiger partial charge on any atom is 0.223 e. The van der Waals surface area contributed by atoms with Gasteiger partial charge in [-0.3, -0.25) is 4.79 Å². The molecule has 1 amide bonds. The van der Waals surface area contributed by atoms with Crippen LogP contribution in [0, 0.1) is 17.2 Å². The summed E-state index contributed by atoms with van der Waals surface area (Å²) in [6.07, 6.45) is 8.33. The summed E-state index contributed by atoms with van der Waals surface area (Å²) in [6, 6.07) is 1.83. The Labute approximate surface area is 148 Å². The normalized spacial score (nSPS) is 21.5. The Hall–Kier alpha value is -1.94. The second kappa shape index (κ2) is 8.43. The molecule has 0 radical (unpaired) electrons. The number of amides is 1. The average Bonchev–Trinajstić information content (AvgIpc) is 3.16. The first-order chi connectivity index (χ1) is 12.2. The van der Waals surface area contributed by atoms with Crippen molar-refractivity contribution in [2.24, 2.45) is 5.92 Å². The molecule has 2 aliphatic rings. The van der Waals surface area contributed by atoms with Crippen LogP contribution in [-0.4, -0.2) is 52.1 Å². The number of nitriles is 1. The van der Waals surface area contributed by atoms with Crippen molar-refractivity contribution >= 4 is 5.91 Å². The third-order valence-electron chi connectivity index (χ3n) is 5.47. The molecular weight excluding hydrogens is 318 g/mol. The molecule has 2 atom stereocenters. The van der Waals surface area contributed by atoms with Crippen LogP contribution in [-0.2, 0) is 9.53 Å². The van der Waals surface area contributed by atoms with Crippen molar-refractivity contribution in [3.05, 3.63) is 11.9 Å². The SMILES string of the molecule is C[C@H](C#N)n1cc([C@@H](CC(=O)N2CCOCC2)C2CCCCC2)nn1. The zero-order chi connectivity index (χ0) is 17.6. The highest BCUT2D eigenvalue weighted by Gasteiger charge is 2.31. The van der Waals surface area contributed by atoms with Crippen molar-refractivity contribution in [3.63, 3.8) is 0 Å². The van der Waals surface area contributed by atoms with E-state index in [1.807, 2.05) is 11.1 Å². The summed E-state index contributed by atoms with van der Waals surface area (Å²) in [6.45, 7) is 4.39. The van der Waals surface area contributed by atoms with Crippen LogP contribution in [0.25, 0.3) is 0 Å². The molecule has 1 aromatic heterocycles. The van der Waals surface area contributed by atoms with Gasteiger partial charge < -0.3 is 9.64 Å². The molecule has 1 aromatic rings. The minimum Gasteiger partial charge on any atom is -0.378 e. The van der Waals surface area contributed by atoms with Gasteiger partial charge in [-0.2, -0.15) is 5.26 Å². The molecule has 3 rings (SSSR count). The van der Waals surface area contributed by atoms with Gasteiger partial charge in [0.15, 0.2) is 0 Å². The molecule has 1 aliphatic carbocycles. The third-order valence-corrected chi connectivity index (χ3v) is 5.47. The monoisotopic (exact) mass is 345 g/mol. The van der Waals surface area contributed by atoms with Crippen molar-refractivity contribution < 1.29 is 9.53 Å². The highest BCUT2D eigenvalue weighted by molar-refractivity contribution is 5.77. The summed E-state index contributed by atoms with van der Waals surface area (Å²) >= 11 is 0. The molecule has 7 heteroatoms. The smallest absolute Gasteiger partial charge is 0.223 e. The fourth-order valence-electron chi connectivity index (χ4n) is 3.89. The molecule has 1 saturated carbocycles. The van der Waals surface area contributed by atoms with Crippen LogP contribution in [0.2, 0.25) is 0 Å². The van der Waals surface area contributed by atoms with Crippen molar-refractivity contribution in [2.45, 2.75) is 57.4 Å². The van der Waals surface area contributed by atoms with Crippen molar-refractivity contribution in [3.8, 4) is 6.07 Å². The molecule has 0 N–H and O–H groups in total. The van der Waals surface area contributed by atoms with E-state index in [9.17, 15) is 4.79 Å². The topological polar surface area (TPSA) is 84.0 Å². The first kappa shape index (κ1) is 17.9. The Morgan fingerprint density at radius 2 is 2.08 bits per heavy atom. The zero-order valence-corrected chi connectivity index (χ0v) is 14.9. The van der Waals surface area contributed by atoms with Gasteiger partial charge in [0.2, 0.25) is 5.91 Å². The minimum atomic E-state index is -0.344. The first-order valence-corrected chi connectivity index (χ1v) is 9.36. The van der Waals surface area contributed by atoms with Gasteiger partial charge in [0, 0.05) is 25.4 Å².